The Morgan fingerprint density at radius 2 is 2.00 bits per heavy atom. The standard InChI is InChI=1S/C20H19N3O2S/c1-26(24,25)23-14-17(18-8-2-3-9-19(18)23)12-15-6-5-11-22-20(15)16-7-4-10-21-13-16/h2-4,7-10,12-14H,5-6,11H2,1H3/b15-12+. The molecule has 0 bridgehead atoms. The van der Waals surface area contributed by atoms with Crippen LogP contribution in [0, 0.1) is 0 Å². The second-order valence-electron chi connectivity index (χ2n) is 6.41. The van der Waals surface area contributed by atoms with Crippen LogP contribution in [0.2, 0.25) is 0 Å². The Balaban J connectivity index is 1.88. The summed E-state index contributed by atoms with van der Waals surface area (Å²) >= 11 is 0. The Kier molecular flexibility index (Phi) is 4.20. The van der Waals surface area contributed by atoms with Gasteiger partial charge in [0.25, 0.3) is 0 Å². The molecule has 3 heterocycles. The van der Waals surface area contributed by atoms with E-state index in [4.69, 9.17) is 4.99 Å². The summed E-state index contributed by atoms with van der Waals surface area (Å²) in [5.74, 6) is 0. The first-order valence-electron chi connectivity index (χ1n) is 8.50. The van der Waals surface area contributed by atoms with Crippen LogP contribution >= 0.6 is 0 Å². The summed E-state index contributed by atoms with van der Waals surface area (Å²) in [4.78, 5) is 8.89. The number of hydrogen-bond donors (Lipinski definition) is 0. The summed E-state index contributed by atoms with van der Waals surface area (Å²) in [6, 6.07) is 11.5. The number of nitrogens with zero attached hydrogens (tertiary/aromatic N) is 3. The van der Waals surface area contributed by atoms with Gasteiger partial charge in [-0.25, -0.2) is 12.4 Å². The van der Waals surface area contributed by atoms with Crippen LogP contribution in [0.15, 0.2) is 65.6 Å². The lowest BCUT2D eigenvalue weighted by Crippen LogP contribution is -2.12. The quantitative estimate of drug-likeness (QED) is 0.713. The van der Waals surface area contributed by atoms with E-state index < -0.39 is 10.0 Å². The predicted octanol–water partition coefficient (Wildman–Crippen LogP) is 3.51. The van der Waals surface area contributed by atoms with Crippen LogP contribution in [0.5, 0.6) is 0 Å². The highest BCUT2D eigenvalue weighted by molar-refractivity contribution is 7.89. The number of aromatic nitrogens is 2. The highest BCUT2D eigenvalue weighted by atomic mass is 32.2. The molecule has 0 aliphatic carbocycles. The van der Waals surface area contributed by atoms with Crippen molar-refractivity contribution in [2.75, 3.05) is 12.8 Å². The summed E-state index contributed by atoms with van der Waals surface area (Å²) in [5.41, 5.74) is 4.63. The molecule has 0 fully saturated rings. The number of rotatable bonds is 3. The normalized spacial score (nSPS) is 16.8. The van der Waals surface area contributed by atoms with E-state index in [1.165, 1.54) is 10.2 Å². The molecule has 0 amide bonds. The molecule has 5 nitrogen and oxygen atoms in total. The predicted molar refractivity (Wildman–Crippen MR) is 105 cm³/mol. The number of allylic oxidation sites excluding steroid dienone is 1. The SMILES string of the molecule is CS(=O)(=O)n1cc(/C=C2\CCCN=C2c2cccnc2)c2ccccc21. The van der Waals surface area contributed by atoms with Gasteiger partial charge in [0.2, 0.25) is 10.0 Å². The zero-order valence-corrected chi connectivity index (χ0v) is 15.3. The van der Waals surface area contributed by atoms with Crippen molar-refractivity contribution < 1.29 is 8.42 Å². The number of para-hydroxylation sites is 1. The first-order valence-corrected chi connectivity index (χ1v) is 10.4. The Morgan fingerprint density at radius 1 is 1.15 bits per heavy atom. The van der Waals surface area contributed by atoms with Gasteiger partial charge in [-0.2, -0.15) is 0 Å². The van der Waals surface area contributed by atoms with Gasteiger partial charge < -0.3 is 0 Å². The Hall–Kier alpha value is -2.73. The number of fused-ring (bicyclic) bond motifs is 1. The molecule has 0 atom stereocenters. The summed E-state index contributed by atoms with van der Waals surface area (Å²) in [6.07, 6.45) is 10.4. The minimum Gasteiger partial charge on any atom is -0.284 e. The molecule has 26 heavy (non-hydrogen) atoms. The van der Waals surface area contributed by atoms with E-state index in [9.17, 15) is 8.42 Å². The maximum atomic E-state index is 12.1. The third-order valence-electron chi connectivity index (χ3n) is 4.51. The van der Waals surface area contributed by atoms with E-state index in [0.29, 0.717) is 5.52 Å². The van der Waals surface area contributed by atoms with Crippen molar-refractivity contribution >= 4 is 32.7 Å². The smallest absolute Gasteiger partial charge is 0.236 e. The van der Waals surface area contributed by atoms with Crippen LogP contribution in [-0.4, -0.2) is 35.9 Å². The van der Waals surface area contributed by atoms with Gasteiger partial charge in [-0.05, 0) is 42.7 Å². The minimum atomic E-state index is -3.37. The van der Waals surface area contributed by atoms with Gasteiger partial charge in [-0.3, -0.25) is 9.98 Å². The molecule has 0 saturated heterocycles. The lowest BCUT2D eigenvalue weighted by atomic mass is 9.95. The third-order valence-corrected chi connectivity index (χ3v) is 5.53. The number of hydrogen-bond acceptors (Lipinski definition) is 4. The Morgan fingerprint density at radius 3 is 2.77 bits per heavy atom. The first-order chi connectivity index (χ1) is 12.5. The van der Waals surface area contributed by atoms with E-state index in [-0.39, 0.29) is 0 Å². The number of benzene rings is 1. The average molecular weight is 365 g/mol. The fraction of sp³-hybridized carbons (Fsp3) is 0.200. The maximum absolute atomic E-state index is 12.1. The van der Waals surface area contributed by atoms with Crippen LogP contribution in [0.4, 0.5) is 0 Å². The molecule has 0 radical (unpaired) electrons. The van der Waals surface area contributed by atoms with Crippen LogP contribution < -0.4 is 0 Å². The molecule has 4 rings (SSSR count). The second kappa shape index (κ2) is 6.53. The highest BCUT2D eigenvalue weighted by Gasteiger charge is 2.17. The molecular formula is C20H19N3O2S. The minimum absolute atomic E-state index is 0.692. The molecule has 0 unspecified atom stereocenters. The molecule has 2 aromatic heterocycles. The number of aliphatic imine (C=N–C) groups is 1. The van der Waals surface area contributed by atoms with Crippen molar-refractivity contribution in [1.29, 1.82) is 0 Å². The van der Waals surface area contributed by atoms with Crippen molar-refractivity contribution in [3.8, 4) is 0 Å². The van der Waals surface area contributed by atoms with Gasteiger partial charge in [-0.1, -0.05) is 18.2 Å². The number of pyridine rings is 1. The van der Waals surface area contributed by atoms with E-state index in [1.807, 2.05) is 42.6 Å². The molecule has 132 valence electrons. The second-order valence-corrected chi connectivity index (χ2v) is 8.26. The van der Waals surface area contributed by atoms with Gasteiger partial charge in [0.1, 0.15) is 0 Å². The van der Waals surface area contributed by atoms with Crippen molar-refractivity contribution in [2.45, 2.75) is 12.8 Å². The summed E-state index contributed by atoms with van der Waals surface area (Å²) in [7, 11) is -3.37. The van der Waals surface area contributed by atoms with Crippen molar-refractivity contribution in [3.63, 3.8) is 0 Å². The monoisotopic (exact) mass is 365 g/mol. The lowest BCUT2D eigenvalue weighted by molar-refractivity contribution is 0.595. The van der Waals surface area contributed by atoms with E-state index in [0.717, 1.165) is 47.2 Å². The topological polar surface area (TPSA) is 64.3 Å². The molecule has 1 aliphatic rings. The van der Waals surface area contributed by atoms with Gasteiger partial charge in [0.05, 0.1) is 17.5 Å². The molecule has 1 aliphatic heterocycles. The Labute approximate surface area is 152 Å². The molecular weight excluding hydrogens is 346 g/mol. The molecule has 0 spiro atoms. The van der Waals surface area contributed by atoms with Crippen molar-refractivity contribution in [1.82, 2.24) is 8.96 Å². The molecule has 3 aromatic rings. The lowest BCUT2D eigenvalue weighted by Gasteiger charge is -2.16. The van der Waals surface area contributed by atoms with E-state index in [1.54, 1.807) is 12.4 Å². The summed E-state index contributed by atoms with van der Waals surface area (Å²) < 4.78 is 25.6. The fourth-order valence-electron chi connectivity index (χ4n) is 3.35. The Bertz CT molecular complexity index is 1130. The molecule has 6 heteroatoms. The highest BCUT2D eigenvalue weighted by Crippen LogP contribution is 2.28. The molecule has 0 saturated carbocycles. The first kappa shape index (κ1) is 16.7. The molecule has 0 N–H and O–H groups in total. The molecule has 1 aromatic carbocycles. The van der Waals surface area contributed by atoms with Gasteiger partial charge in [0, 0.05) is 41.6 Å². The van der Waals surface area contributed by atoms with Crippen molar-refractivity contribution in [2.24, 2.45) is 4.99 Å². The van der Waals surface area contributed by atoms with Crippen LogP contribution in [0.3, 0.4) is 0 Å². The van der Waals surface area contributed by atoms with Crippen LogP contribution in [-0.2, 0) is 10.0 Å². The van der Waals surface area contributed by atoms with Gasteiger partial charge in [0.15, 0.2) is 0 Å². The summed E-state index contributed by atoms with van der Waals surface area (Å²) in [5, 5.41) is 0.918. The zero-order valence-electron chi connectivity index (χ0n) is 14.5. The maximum Gasteiger partial charge on any atom is 0.236 e. The van der Waals surface area contributed by atoms with Gasteiger partial charge in [-0.15, -0.1) is 0 Å². The van der Waals surface area contributed by atoms with E-state index >= 15 is 0 Å². The van der Waals surface area contributed by atoms with Crippen molar-refractivity contribution in [3.05, 3.63) is 71.7 Å². The summed E-state index contributed by atoms with van der Waals surface area (Å²) in [6.45, 7) is 0.798. The zero-order chi connectivity index (χ0) is 18.1. The van der Waals surface area contributed by atoms with Gasteiger partial charge >= 0.3 is 0 Å². The third kappa shape index (κ3) is 3.08. The van der Waals surface area contributed by atoms with E-state index in [2.05, 4.69) is 11.1 Å². The average Bonchev–Trinajstić information content (AvgIpc) is 3.02. The fourth-order valence-corrected chi connectivity index (χ4v) is 4.17. The largest absolute Gasteiger partial charge is 0.284 e. The van der Waals surface area contributed by atoms with Crippen LogP contribution in [0.1, 0.15) is 24.0 Å². The van der Waals surface area contributed by atoms with Crippen LogP contribution in [0.25, 0.3) is 17.0 Å².